The summed E-state index contributed by atoms with van der Waals surface area (Å²) in [6.45, 7) is 11.3. The van der Waals surface area contributed by atoms with E-state index in [0.717, 1.165) is 0 Å². The molecule has 0 aromatic carbocycles. The molecule has 22 heavy (non-hydrogen) atoms. The van der Waals surface area contributed by atoms with Gasteiger partial charge in [-0.25, -0.2) is 4.79 Å². The van der Waals surface area contributed by atoms with Gasteiger partial charge in [0, 0.05) is 25.2 Å². The number of carbonyl (C=O) groups excluding carboxylic acids is 1. The molecule has 130 valence electrons. The molecule has 0 radical (unpaired) electrons. The van der Waals surface area contributed by atoms with Gasteiger partial charge in [-0.1, -0.05) is 13.8 Å². The zero-order valence-corrected chi connectivity index (χ0v) is 15.2. The van der Waals surface area contributed by atoms with Gasteiger partial charge in [0.05, 0.1) is 0 Å². The summed E-state index contributed by atoms with van der Waals surface area (Å²) in [5.74, 6) is 0. The molecule has 5 heteroatoms. The fourth-order valence-corrected chi connectivity index (χ4v) is 3.00. The van der Waals surface area contributed by atoms with Crippen molar-refractivity contribution >= 4 is 6.09 Å². The van der Waals surface area contributed by atoms with Gasteiger partial charge in [0.15, 0.2) is 0 Å². The zero-order valence-electron chi connectivity index (χ0n) is 15.2. The van der Waals surface area contributed by atoms with Gasteiger partial charge in [-0.2, -0.15) is 0 Å². The van der Waals surface area contributed by atoms with Gasteiger partial charge >= 0.3 is 6.09 Å². The van der Waals surface area contributed by atoms with Gasteiger partial charge in [0.25, 0.3) is 0 Å². The van der Waals surface area contributed by atoms with E-state index < -0.39 is 5.60 Å². The highest BCUT2D eigenvalue weighted by atomic mass is 16.6. The van der Waals surface area contributed by atoms with E-state index in [1.807, 2.05) is 20.8 Å². The van der Waals surface area contributed by atoms with E-state index in [1.54, 1.807) is 0 Å². The Kier molecular flexibility index (Phi) is 6.68. The van der Waals surface area contributed by atoms with Crippen molar-refractivity contribution in [2.24, 2.45) is 11.1 Å². The lowest BCUT2D eigenvalue weighted by Gasteiger charge is -2.41. The van der Waals surface area contributed by atoms with E-state index in [-0.39, 0.29) is 12.1 Å². The number of ether oxygens (including phenoxy) is 1. The number of alkyl carbamates (subject to hydrolysis) is 1. The Bertz CT molecular complexity index is 353. The maximum Gasteiger partial charge on any atom is 0.407 e. The number of likely N-dealkylation sites (N-methyl/N-ethyl adjacent to an activating group) is 1. The van der Waals surface area contributed by atoms with Crippen molar-refractivity contribution in [1.82, 2.24) is 10.2 Å². The topological polar surface area (TPSA) is 67.6 Å². The number of nitrogens with zero attached hydrogens (tertiary/aromatic N) is 1. The maximum atomic E-state index is 11.8. The molecular formula is C17H35N3O2. The molecule has 0 aromatic heterocycles. The van der Waals surface area contributed by atoms with Gasteiger partial charge in [-0.15, -0.1) is 0 Å². The van der Waals surface area contributed by atoms with Gasteiger partial charge in [-0.05, 0) is 58.9 Å². The molecule has 1 aliphatic carbocycles. The highest BCUT2D eigenvalue weighted by Gasteiger charge is 2.31. The SMILES string of the molecule is CN(C1CCC(C)(C)CC1)C(CN)CNC(=O)OC(C)(C)C. The molecule has 0 spiro atoms. The average Bonchev–Trinajstić information content (AvgIpc) is 2.37. The van der Waals surface area contributed by atoms with Crippen LogP contribution < -0.4 is 11.1 Å². The monoisotopic (exact) mass is 313 g/mol. The van der Waals surface area contributed by atoms with Crippen LogP contribution in [0.5, 0.6) is 0 Å². The van der Waals surface area contributed by atoms with E-state index in [9.17, 15) is 4.79 Å². The summed E-state index contributed by atoms with van der Waals surface area (Å²) < 4.78 is 5.28. The second-order valence-corrected chi connectivity index (χ2v) is 8.33. The molecule has 1 fully saturated rings. The molecule has 1 unspecified atom stereocenters. The molecule has 1 atom stereocenters. The lowest BCUT2D eigenvalue weighted by atomic mass is 9.75. The molecule has 0 saturated heterocycles. The average molecular weight is 313 g/mol. The number of nitrogens with one attached hydrogen (secondary N) is 1. The van der Waals surface area contributed by atoms with Crippen molar-refractivity contribution in [3.05, 3.63) is 0 Å². The van der Waals surface area contributed by atoms with Crippen LogP contribution in [0.3, 0.4) is 0 Å². The molecule has 1 aliphatic rings. The number of rotatable bonds is 5. The second-order valence-electron chi connectivity index (χ2n) is 8.33. The Hall–Kier alpha value is -0.810. The zero-order chi connectivity index (χ0) is 17.0. The van der Waals surface area contributed by atoms with Crippen molar-refractivity contribution < 1.29 is 9.53 Å². The molecule has 1 rings (SSSR count). The van der Waals surface area contributed by atoms with Crippen LogP contribution in [0.4, 0.5) is 4.79 Å². The minimum atomic E-state index is -0.469. The summed E-state index contributed by atoms with van der Waals surface area (Å²) in [7, 11) is 2.12. The smallest absolute Gasteiger partial charge is 0.407 e. The molecule has 3 N–H and O–H groups in total. The molecule has 0 aliphatic heterocycles. The van der Waals surface area contributed by atoms with Crippen molar-refractivity contribution in [2.45, 2.75) is 78.0 Å². The van der Waals surface area contributed by atoms with Crippen LogP contribution in [0, 0.1) is 5.41 Å². The number of amides is 1. The lowest BCUT2D eigenvalue weighted by Crippen LogP contribution is -2.51. The standard InChI is InChI=1S/C17H35N3O2/c1-16(2,3)22-15(21)19-12-14(11-18)20(6)13-7-9-17(4,5)10-8-13/h13-14H,7-12,18H2,1-6H3,(H,19,21). The molecule has 5 nitrogen and oxygen atoms in total. The van der Waals surface area contributed by atoms with Crippen LogP contribution in [0.25, 0.3) is 0 Å². The van der Waals surface area contributed by atoms with E-state index in [1.165, 1.54) is 25.7 Å². The van der Waals surface area contributed by atoms with Crippen LogP contribution in [-0.4, -0.2) is 48.8 Å². The van der Waals surface area contributed by atoms with E-state index in [0.29, 0.717) is 24.5 Å². The quantitative estimate of drug-likeness (QED) is 0.819. The Labute approximate surface area is 135 Å². The Morgan fingerprint density at radius 1 is 1.36 bits per heavy atom. The van der Waals surface area contributed by atoms with E-state index in [4.69, 9.17) is 10.5 Å². The normalized spacial score (nSPS) is 20.7. The lowest BCUT2D eigenvalue weighted by molar-refractivity contribution is 0.0488. The van der Waals surface area contributed by atoms with Crippen molar-refractivity contribution in [3.63, 3.8) is 0 Å². The third kappa shape index (κ3) is 6.53. The van der Waals surface area contributed by atoms with Gasteiger partial charge in [0.1, 0.15) is 5.60 Å². The highest BCUT2D eigenvalue weighted by Crippen LogP contribution is 2.36. The Balaban J connectivity index is 2.45. The van der Waals surface area contributed by atoms with Crippen LogP contribution >= 0.6 is 0 Å². The van der Waals surface area contributed by atoms with Gasteiger partial charge in [-0.3, -0.25) is 4.90 Å². The summed E-state index contributed by atoms with van der Waals surface area (Å²) in [5, 5.41) is 2.84. The van der Waals surface area contributed by atoms with E-state index >= 15 is 0 Å². The third-order valence-electron chi connectivity index (χ3n) is 4.61. The fraction of sp³-hybridized carbons (Fsp3) is 0.941. The van der Waals surface area contributed by atoms with Crippen molar-refractivity contribution in [1.29, 1.82) is 0 Å². The largest absolute Gasteiger partial charge is 0.444 e. The minimum absolute atomic E-state index is 0.152. The molecular weight excluding hydrogens is 278 g/mol. The van der Waals surface area contributed by atoms with Crippen LogP contribution in [-0.2, 0) is 4.74 Å². The molecule has 0 aromatic rings. The number of hydrogen-bond donors (Lipinski definition) is 2. The highest BCUT2D eigenvalue weighted by molar-refractivity contribution is 5.67. The minimum Gasteiger partial charge on any atom is -0.444 e. The third-order valence-corrected chi connectivity index (χ3v) is 4.61. The number of carbonyl (C=O) groups is 1. The molecule has 1 saturated carbocycles. The Morgan fingerprint density at radius 2 is 1.91 bits per heavy atom. The molecule has 1 amide bonds. The van der Waals surface area contributed by atoms with Crippen LogP contribution in [0.15, 0.2) is 0 Å². The summed E-state index contributed by atoms with van der Waals surface area (Å²) in [6.07, 6.45) is 4.53. The predicted octanol–water partition coefficient (Wildman–Crippen LogP) is 2.74. The van der Waals surface area contributed by atoms with Gasteiger partial charge in [0.2, 0.25) is 0 Å². The first kappa shape index (κ1) is 19.2. The van der Waals surface area contributed by atoms with Crippen LogP contribution in [0.2, 0.25) is 0 Å². The summed E-state index contributed by atoms with van der Waals surface area (Å²) in [6, 6.07) is 0.709. The van der Waals surface area contributed by atoms with Crippen molar-refractivity contribution in [2.75, 3.05) is 20.1 Å². The molecule has 0 heterocycles. The summed E-state index contributed by atoms with van der Waals surface area (Å²) in [4.78, 5) is 14.1. The maximum absolute atomic E-state index is 11.8. The predicted molar refractivity (Wildman–Crippen MR) is 90.9 cm³/mol. The number of hydrogen-bond acceptors (Lipinski definition) is 4. The number of nitrogens with two attached hydrogens (primary N) is 1. The first-order valence-corrected chi connectivity index (χ1v) is 8.43. The second kappa shape index (κ2) is 7.64. The first-order chi connectivity index (χ1) is 10.0. The van der Waals surface area contributed by atoms with Gasteiger partial charge < -0.3 is 15.8 Å². The molecule has 0 bridgehead atoms. The Morgan fingerprint density at radius 3 is 2.36 bits per heavy atom. The summed E-state index contributed by atoms with van der Waals surface area (Å²) >= 11 is 0. The van der Waals surface area contributed by atoms with E-state index in [2.05, 4.69) is 31.1 Å². The fourth-order valence-electron chi connectivity index (χ4n) is 3.00. The van der Waals surface area contributed by atoms with Crippen molar-refractivity contribution in [3.8, 4) is 0 Å². The van der Waals surface area contributed by atoms with Crippen LogP contribution in [0.1, 0.15) is 60.3 Å². The summed E-state index contributed by atoms with van der Waals surface area (Å²) in [5.41, 5.74) is 5.91. The first-order valence-electron chi connectivity index (χ1n) is 8.43.